The third kappa shape index (κ3) is 2.03. The fourth-order valence-corrected chi connectivity index (χ4v) is 4.93. The van der Waals surface area contributed by atoms with E-state index in [2.05, 4.69) is 6.07 Å². The molecule has 0 aromatic carbocycles. The van der Waals surface area contributed by atoms with Crippen LogP contribution in [0.1, 0.15) is 38.5 Å². The van der Waals surface area contributed by atoms with Gasteiger partial charge in [0, 0.05) is 0 Å². The van der Waals surface area contributed by atoms with Crippen LogP contribution in [0, 0.1) is 22.7 Å². The Morgan fingerprint density at radius 1 is 1.20 bits per heavy atom. The van der Waals surface area contributed by atoms with Crippen molar-refractivity contribution in [1.82, 2.24) is 0 Å². The van der Waals surface area contributed by atoms with E-state index in [9.17, 15) is 13.7 Å². The Labute approximate surface area is 91.4 Å². The van der Waals surface area contributed by atoms with Gasteiger partial charge in [-0.15, -0.1) is 0 Å². The molecule has 84 valence electrons. The van der Waals surface area contributed by atoms with Crippen LogP contribution in [0.5, 0.6) is 0 Å². The summed E-state index contributed by atoms with van der Waals surface area (Å²) in [4.78, 5) is 0. The van der Waals surface area contributed by atoms with Gasteiger partial charge in [0.05, 0.1) is 23.0 Å². The minimum absolute atomic E-state index is 0.104. The van der Waals surface area contributed by atoms with Crippen molar-refractivity contribution in [2.45, 2.75) is 38.5 Å². The van der Waals surface area contributed by atoms with E-state index >= 15 is 0 Å². The van der Waals surface area contributed by atoms with Gasteiger partial charge >= 0.3 is 0 Å². The minimum atomic E-state index is -2.84. The van der Waals surface area contributed by atoms with Crippen LogP contribution in [0.3, 0.4) is 0 Å². The average molecular weight is 227 g/mol. The first-order valence-corrected chi connectivity index (χ1v) is 7.52. The number of hydrogen-bond acceptors (Lipinski definition) is 3. The predicted molar refractivity (Wildman–Crippen MR) is 57.9 cm³/mol. The summed E-state index contributed by atoms with van der Waals surface area (Å²) in [7, 11) is -2.84. The zero-order valence-corrected chi connectivity index (χ0v) is 9.72. The van der Waals surface area contributed by atoms with Crippen LogP contribution in [-0.2, 0) is 9.84 Å². The van der Waals surface area contributed by atoms with Crippen LogP contribution < -0.4 is 0 Å². The molecule has 1 aliphatic heterocycles. The van der Waals surface area contributed by atoms with E-state index in [0.717, 1.165) is 25.7 Å². The highest BCUT2D eigenvalue weighted by Gasteiger charge is 2.45. The highest BCUT2D eigenvalue weighted by Crippen LogP contribution is 2.46. The molecule has 1 saturated heterocycles. The molecule has 1 heterocycles. The second kappa shape index (κ2) is 3.79. The van der Waals surface area contributed by atoms with Gasteiger partial charge in [0.1, 0.15) is 0 Å². The lowest BCUT2D eigenvalue weighted by molar-refractivity contribution is 0.181. The van der Waals surface area contributed by atoms with Gasteiger partial charge in [-0.2, -0.15) is 5.26 Å². The van der Waals surface area contributed by atoms with Crippen LogP contribution in [0.25, 0.3) is 0 Å². The van der Waals surface area contributed by atoms with Gasteiger partial charge in [0.15, 0.2) is 9.84 Å². The van der Waals surface area contributed by atoms with Crippen molar-refractivity contribution in [3.63, 3.8) is 0 Å². The monoisotopic (exact) mass is 227 g/mol. The van der Waals surface area contributed by atoms with Gasteiger partial charge in [-0.3, -0.25) is 0 Å². The first-order valence-electron chi connectivity index (χ1n) is 5.70. The lowest BCUT2D eigenvalue weighted by atomic mass is 9.67. The van der Waals surface area contributed by atoms with E-state index in [0.29, 0.717) is 12.2 Å². The van der Waals surface area contributed by atoms with Gasteiger partial charge < -0.3 is 0 Å². The number of hydrogen-bond donors (Lipinski definition) is 0. The third-order valence-electron chi connectivity index (χ3n) is 3.98. The van der Waals surface area contributed by atoms with Gasteiger partial charge in [-0.1, -0.05) is 19.3 Å². The Kier molecular flexibility index (Phi) is 2.76. The molecule has 15 heavy (non-hydrogen) atoms. The second-order valence-electron chi connectivity index (χ2n) is 4.93. The molecule has 1 aliphatic carbocycles. The summed E-state index contributed by atoms with van der Waals surface area (Å²) in [6.45, 7) is 0. The topological polar surface area (TPSA) is 57.9 Å². The van der Waals surface area contributed by atoms with Crippen LogP contribution in [0.2, 0.25) is 0 Å². The maximum atomic E-state index is 11.4. The predicted octanol–water partition coefficient (Wildman–Crippen LogP) is 1.90. The van der Waals surface area contributed by atoms with Crippen LogP contribution in [0.15, 0.2) is 0 Å². The number of rotatable bonds is 1. The molecule has 0 aromatic rings. The van der Waals surface area contributed by atoms with E-state index in [4.69, 9.17) is 0 Å². The zero-order valence-electron chi connectivity index (χ0n) is 8.91. The maximum Gasteiger partial charge on any atom is 0.150 e. The molecule has 3 nitrogen and oxygen atoms in total. The van der Waals surface area contributed by atoms with E-state index < -0.39 is 9.84 Å². The van der Waals surface area contributed by atoms with Crippen molar-refractivity contribution >= 4 is 9.84 Å². The number of nitrogens with zero attached hydrogens (tertiary/aromatic N) is 1. The molecule has 0 amide bonds. The van der Waals surface area contributed by atoms with Gasteiger partial charge in [-0.25, -0.2) is 8.42 Å². The second-order valence-corrected chi connectivity index (χ2v) is 7.16. The van der Waals surface area contributed by atoms with Gasteiger partial charge in [-0.05, 0) is 25.2 Å². The highest BCUT2D eigenvalue weighted by molar-refractivity contribution is 7.91. The van der Waals surface area contributed by atoms with Crippen LogP contribution in [-0.4, -0.2) is 19.9 Å². The fraction of sp³-hybridized carbons (Fsp3) is 0.909. The number of nitriles is 1. The Balaban J connectivity index is 2.17. The summed E-state index contributed by atoms with van der Waals surface area (Å²) in [6.07, 6.45) is 5.89. The molecule has 0 bridgehead atoms. The molecule has 4 heteroatoms. The van der Waals surface area contributed by atoms with Crippen LogP contribution >= 0.6 is 0 Å². The standard InChI is InChI=1S/C11H17NO2S/c12-9-11(5-2-1-3-6-11)10-4-7-15(13,14)8-10/h10H,1-8H2. The summed E-state index contributed by atoms with van der Waals surface area (Å²) in [5.74, 6) is 0.648. The SMILES string of the molecule is N#CC1(C2CCS(=O)(=O)C2)CCCCC1. The molecule has 0 radical (unpaired) electrons. The molecule has 1 atom stereocenters. The zero-order chi connectivity index (χ0) is 10.9. The smallest absolute Gasteiger partial charge is 0.150 e. The molecule has 2 rings (SSSR count). The molecule has 2 aliphatic rings. The first-order chi connectivity index (χ1) is 7.08. The molecular formula is C11H17NO2S. The Bertz CT molecular complexity index is 374. The van der Waals surface area contributed by atoms with E-state index in [1.54, 1.807) is 0 Å². The largest absolute Gasteiger partial charge is 0.229 e. The quantitative estimate of drug-likeness (QED) is 0.687. The molecule has 2 fully saturated rings. The van der Waals surface area contributed by atoms with E-state index in [1.165, 1.54) is 6.42 Å². The summed E-state index contributed by atoms with van der Waals surface area (Å²) in [6, 6.07) is 2.43. The normalized spacial score (nSPS) is 33.4. The van der Waals surface area contributed by atoms with Crippen molar-refractivity contribution in [2.24, 2.45) is 11.3 Å². The number of sulfone groups is 1. The van der Waals surface area contributed by atoms with Crippen molar-refractivity contribution < 1.29 is 8.42 Å². The Hall–Kier alpha value is -0.560. The van der Waals surface area contributed by atoms with Crippen LogP contribution in [0.4, 0.5) is 0 Å². The highest BCUT2D eigenvalue weighted by atomic mass is 32.2. The molecular weight excluding hydrogens is 210 g/mol. The van der Waals surface area contributed by atoms with Gasteiger partial charge in [0.2, 0.25) is 0 Å². The minimum Gasteiger partial charge on any atom is -0.229 e. The summed E-state index contributed by atoms with van der Waals surface area (Å²) < 4.78 is 22.9. The lowest BCUT2D eigenvalue weighted by Crippen LogP contribution is -2.32. The van der Waals surface area contributed by atoms with Crippen molar-refractivity contribution in [1.29, 1.82) is 5.26 Å². The first kappa shape index (κ1) is 10.9. The molecule has 1 saturated carbocycles. The summed E-state index contributed by atoms with van der Waals surface area (Å²) in [5.41, 5.74) is -0.318. The Morgan fingerprint density at radius 3 is 2.33 bits per heavy atom. The summed E-state index contributed by atoms with van der Waals surface area (Å²) in [5, 5.41) is 9.33. The lowest BCUT2D eigenvalue weighted by Gasteiger charge is -2.35. The van der Waals surface area contributed by atoms with Crippen molar-refractivity contribution in [2.75, 3.05) is 11.5 Å². The van der Waals surface area contributed by atoms with Gasteiger partial charge in [0.25, 0.3) is 0 Å². The molecule has 1 unspecified atom stereocenters. The van der Waals surface area contributed by atoms with Crippen molar-refractivity contribution in [3.05, 3.63) is 0 Å². The molecule has 0 N–H and O–H groups in total. The summed E-state index contributed by atoms with van der Waals surface area (Å²) >= 11 is 0. The Morgan fingerprint density at radius 2 is 1.87 bits per heavy atom. The molecule has 0 spiro atoms. The maximum absolute atomic E-state index is 11.4. The van der Waals surface area contributed by atoms with E-state index in [1.807, 2.05) is 0 Å². The fourth-order valence-electron chi connectivity index (χ4n) is 3.02. The average Bonchev–Trinajstić information content (AvgIpc) is 2.60. The van der Waals surface area contributed by atoms with E-state index in [-0.39, 0.29) is 17.1 Å². The van der Waals surface area contributed by atoms with Crippen molar-refractivity contribution in [3.8, 4) is 6.07 Å². The third-order valence-corrected chi connectivity index (χ3v) is 5.75. The molecule has 0 aromatic heterocycles.